The molecule has 16 heteroatoms. The molecular weight excluding hydrogens is 583 g/mol. The number of alkyl halides is 3. The molecule has 0 saturated heterocycles. The molecule has 1 fully saturated rings. The minimum atomic E-state index is -4.82. The van der Waals surface area contributed by atoms with Gasteiger partial charge in [0.2, 0.25) is 11.5 Å². The van der Waals surface area contributed by atoms with E-state index in [0.717, 1.165) is 17.1 Å². The lowest BCUT2D eigenvalue weighted by atomic mass is 9.95. The van der Waals surface area contributed by atoms with E-state index in [1.807, 2.05) is 0 Å². The van der Waals surface area contributed by atoms with Crippen LogP contribution in [0.3, 0.4) is 0 Å². The quantitative estimate of drug-likeness (QED) is 0.383. The van der Waals surface area contributed by atoms with Crippen LogP contribution in [-0.2, 0) is 26.1 Å². The molecule has 1 aliphatic carbocycles. The molecule has 1 aromatic heterocycles. The number of nitrogens with two attached hydrogens (primary N) is 1. The molecule has 2 atom stereocenters. The molecule has 232 valence electrons. The average Bonchev–Trinajstić information content (AvgIpc) is 3.64. The van der Waals surface area contributed by atoms with Crippen molar-refractivity contribution in [3.63, 3.8) is 0 Å². The fourth-order valence-corrected chi connectivity index (χ4v) is 6.15. The summed E-state index contributed by atoms with van der Waals surface area (Å²) in [5, 5.41) is 6.42. The minimum Gasteiger partial charge on any atom is -0.486 e. The fraction of sp³-hybridized carbons (Fsp3) is 0.577. The minimum absolute atomic E-state index is 0.00729. The van der Waals surface area contributed by atoms with Gasteiger partial charge >= 0.3 is 12.3 Å². The standard InChI is InChI=1S/C26H34F3N5O7S/c1-5-33-14-21(23(32-33)39-6-2)42(37,38)34-13-17(12-18(22(30)35)15-7-8-15)40-20-10-9-16(11-19(20)34)31-24(36)41-25(3,4)26(27,28)29/h9-11,14-15,17-18H,5-8,12-13H2,1-4H3,(H2,30,35)(H,31,36)/t17-,18-/m0/s1. The molecule has 12 nitrogen and oxygen atoms in total. The van der Waals surface area contributed by atoms with E-state index >= 15 is 0 Å². The number of halogens is 3. The summed E-state index contributed by atoms with van der Waals surface area (Å²) in [6.45, 7) is 5.16. The lowest BCUT2D eigenvalue weighted by Crippen LogP contribution is -2.45. The normalized spacial score (nSPS) is 18.1. The van der Waals surface area contributed by atoms with Gasteiger partial charge in [0, 0.05) is 24.3 Å². The number of rotatable bonds is 11. The number of aryl methyl sites for hydroxylation is 1. The lowest BCUT2D eigenvalue weighted by molar-refractivity contribution is -0.242. The Bertz CT molecular complexity index is 1440. The highest BCUT2D eigenvalue weighted by atomic mass is 32.2. The molecule has 3 N–H and O–H groups in total. The maximum absolute atomic E-state index is 14.1. The van der Waals surface area contributed by atoms with Crippen LogP contribution in [0.25, 0.3) is 0 Å². The highest BCUT2D eigenvalue weighted by molar-refractivity contribution is 7.93. The number of sulfonamides is 1. The summed E-state index contributed by atoms with van der Waals surface area (Å²) in [6.07, 6.45) is -3.78. The molecule has 0 radical (unpaired) electrons. The highest BCUT2D eigenvalue weighted by Crippen LogP contribution is 2.44. The third-order valence-electron chi connectivity index (χ3n) is 7.11. The number of carbonyl (C=O) groups is 2. The number of ether oxygens (including phenoxy) is 3. The summed E-state index contributed by atoms with van der Waals surface area (Å²) >= 11 is 0. The van der Waals surface area contributed by atoms with Gasteiger partial charge in [-0.3, -0.25) is 19.1 Å². The van der Waals surface area contributed by atoms with Crippen molar-refractivity contribution in [1.82, 2.24) is 9.78 Å². The number of benzene rings is 1. The van der Waals surface area contributed by atoms with Crippen LogP contribution in [0.2, 0.25) is 0 Å². The molecule has 0 unspecified atom stereocenters. The number of fused-ring (bicyclic) bond motifs is 1. The summed E-state index contributed by atoms with van der Waals surface area (Å²) in [5.41, 5.74) is 2.83. The SMILES string of the molecule is CCOc1nn(CC)cc1S(=O)(=O)N1C[C@H](C[C@H](C(N)=O)C2CC2)Oc2ccc(NC(=O)OC(C)(C)C(F)(F)F)cc21. The van der Waals surface area contributed by atoms with E-state index in [1.165, 1.54) is 29.1 Å². The van der Waals surface area contributed by atoms with E-state index in [2.05, 4.69) is 15.2 Å². The van der Waals surface area contributed by atoms with Crippen LogP contribution in [0.4, 0.5) is 29.3 Å². The van der Waals surface area contributed by atoms with Crippen molar-refractivity contribution in [1.29, 1.82) is 0 Å². The zero-order valence-electron chi connectivity index (χ0n) is 23.6. The first-order valence-electron chi connectivity index (χ1n) is 13.5. The Morgan fingerprint density at radius 2 is 1.93 bits per heavy atom. The van der Waals surface area contributed by atoms with Gasteiger partial charge in [0.25, 0.3) is 15.9 Å². The summed E-state index contributed by atoms with van der Waals surface area (Å²) in [5.74, 6) is -0.892. The first kappa shape index (κ1) is 31.3. The second kappa shape index (κ2) is 11.5. The van der Waals surface area contributed by atoms with Gasteiger partial charge in [0.1, 0.15) is 11.9 Å². The summed E-state index contributed by atoms with van der Waals surface area (Å²) in [7, 11) is -4.37. The van der Waals surface area contributed by atoms with Crippen LogP contribution in [0.15, 0.2) is 29.3 Å². The zero-order chi connectivity index (χ0) is 31.0. The van der Waals surface area contributed by atoms with Gasteiger partial charge in [-0.15, -0.1) is 5.10 Å². The molecule has 0 bridgehead atoms. The Morgan fingerprint density at radius 3 is 2.50 bits per heavy atom. The first-order chi connectivity index (χ1) is 19.6. The molecule has 42 heavy (non-hydrogen) atoms. The Labute approximate surface area is 241 Å². The van der Waals surface area contributed by atoms with Gasteiger partial charge in [-0.05, 0) is 71.1 Å². The lowest BCUT2D eigenvalue weighted by Gasteiger charge is -2.36. The Kier molecular flexibility index (Phi) is 8.58. The van der Waals surface area contributed by atoms with Crippen LogP contribution in [-0.4, -0.2) is 61.2 Å². The smallest absolute Gasteiger partial charge is 0.427 e. The Hall–Kier alpha value is -3.69. The van der Waals surface area contributed by atoms with Gasteiger partial charge in [0.15, 0.2) is 4.90 Å². The number of aromatic nitrogens is 2. The molecule has 1 aliphatic heterocycles. The van der Waals surface area contributed by atoms with E-state index in [-0.39, 0.29) is 53.4 Å². The number of carbonyl (C=O) groups excluding carboxylic acids is 2. The molecule has 4 rings (SSSR count). The van der Waals surface area contributed by atoms with Gasteiger partial charge in [-0.2, -0.15) is 13.2 Å². The van der Waals surface area contributed by atoms with E-state index in [0.29, 0.717) is 20.4 Å². The van der Waals surface area contributed by atoms with Crippen LogP contribution >= 0.6 is 0 Å². The zero-order valence-corrected chi connectivity index (χ0v) is 24.4. The van der Waals surface area contributed by atoms with Crippen molar-refractivity contribution in [2.24, 2.45) is 17.6 Å². The van der Waals surface area contributed by atoms with Gasteiger partial charge in [0.05, 0.1) is 18.8 Å². The molecule has 2 heterocycles. The van der Waals surface area contributed by atoms with Crippen LogP contribution in [0, 0.1) is 11.8 Å². The van der Waals surface area contributed by atoms with Crippen molar-refractivity contribution in [3.8, 4) is 11.6 Å². The number of amides is 2. The third-order valence-corrected chi connectivity index (χ3v) is 8.87. The topological polar surface area (TPSA) is 155 Å². The van der Waals surface area contributed by atoms with Crippen molar-refractivity contribution in [2.45, 2.75) is 76.3 Å². The van der Waals surface area contributed by atoms with Gasteiger partial charge in [-0.25, -0.2) is 13.2 Å². The molecule has 2 aromatic rings. The molecule has 2 amide bonds. The van der Waals surface area contributed by atoms with Crippen LogP contribution in [0.1, 0.15) is 47.0 Å². The number of nitrogens with one attached hydrogen (secondary N) is 1. The van der Waals surface area contributed by atoms with Crippen molar-refractivity contribution >= 4 is 33.4 Å². The van der Waals surface area contributed by atoms with Crippen LogP contribution in [0.5, 0.6) is 11.6 Å². The summed E-state index contributed by atoms with van der Waals surface area (Å²) in [6, 6.07) is 3.97. The summed E-state index contributed by atoms with van der Waals surface area (Å²) in [4.78, 5) is 24.3. The number of primary amides is 1. The van der Waals surface area contributed by atoms with Gasteiger partial charge < -0.3 is 19.9 Å². The number of hydrogen-bond donors (Lipinski definition) is 2. The number of hydrogen-bond acceptors (Lipinski definition) is 8. The molecule has 0 spiro atoms. The number of nitrogens with zero attached hydrogens (tertiary/aromatic N) is 3. The van der Waals surface area contributed by atoms with Crippen LogP contribution < -0.4 is 24.8 Å². The fourth-order valence-electron chi connectivity index (χ4n) is 4.58. The van der Waals surface area contributed by atoms with Gasteiger partial charge in [-0.1, -0.05) is 0 Å². The van der Waals surface area contributed by atoms with E-state index in [4.69, 9.17) is 15.2 Å². The third kappa shape index (κ3) is 6.52. The maximum Gasteiger partial charge on any atom is 0.427 e. The van der Waals surface area contributed by atoms with E-state index in [1.54, 1.807) is 13.8 Å². The molecule has 1 aromatic carbocycles. The largest absolute Gasteiger partial charge is 0.486 e. The second-order valence-electron chi connectivity index (χ2n) is 10.7. The predicted molar refractivity (Wildman–Crippen MR) is 145 cm³/mol. The second-order valence-corrected chi connectivity index (χ2v) is 12.5. The average molecular weight is 618 g/mol. The Balaban J connectivity index is 1.71. The highest BCUT2D eigenvalue weighted by Gasteiger charge is 2.51. The monoisotopic (exact) mass is 617 g/mol. The van der Waals surface area contributed by atoms with E-state index in [9.17, 15) is 31.2 Å². The van der Waals surface area contributed by atoms with Crippen molar-refractivity contribution < 1.29 is 45.4 Å². The Morgan fingerprint density at radius 1 is 1.24 bits per heavy atom. The molecule has 1 saturated carbocycles. The molecule has 2 aliphatic rings. The van der Waals surface area contributed by atoms with Crippen molar-refractivity contribution in [2.75, 3.05) is 22.8 Å². The molecular formula is C26H34F3N5O7S. The maximum atomic E-state index is 14.1. The van der Waals surface area contributed by atoms with Crippen molar-refractivity contribution in [3.05, 3.63) is 24.4 Å². The first-order valence-corrected chi connectivity index (χ1v) is 14.9. The van der Waals surface area contributed by atoms with E-state index < -0.39 is 45.8 Å². The summed E-state index contributed by atoms with van der Waals surface area (Å²) < 4.78 is 86.5. The predicted octanol–water partition coefficient (Wildman–Crippen LogP) is 4.05. The number of anilines is 2.